The topological polar surface area (TPSA) is 12.9 Å². The van der Waals surface area contributed by atoms with Gasteiger partial charge >= 0.3 is 0 Å². The second-order valence-corrected chi connectivity index (χ2v) is 4.63. The van der Waals surface area contributed by atoms with Crippen LogP contribution in [-0.4, -0.2) is 4.98 Å². The second kappa shape index (κ2) is 3.52. The van der Waals surface area contributed by atoms with Crippen LogP contribution < -0.4 is 0 Å². The van der Waals surface area contributed by atoms with Crippen LogP contribution in [0.2, 0.25) is 5.02 Å². The zero-order chi connectivity index (χ0) is 10.3. The monoisotopic (exact) mass is 269 g/mol. The summed E-state index contributed by atoms with van der Waals surface area (Å²) in [5.41, 5.74) is 3.20. The Morgan fingerprint density at radius 1 is 1.21 bits per heavy atom. The number of rotatable bonds is 0. The van der Waals surface area contributed by atoms with Crippen molar-refractivity contribution in [2.45, 2.75) is 13.8 Å². The molecule has 0 aliphatic heterocycles. The minimum Gasteiger partial charge on any atom is -0.253 e. The first kappa shape index (κ1) is 9.94. The summed E-state index contributed by atoms with van der Waals surface area (Å²) in [4.78, 5) is 4.43. The highest BCUT2D eigenvalue weighted by atomic mass is 79.9. The van der Waals surface area contributed by atoms with E-state index in [9.17, 15) is 0 Å². The fourth-order valence-electron chi connectivity index (χ4n) is 1.56. The normalized spacial score (nSPS) is 10.9. The third-order valence-electron chi connectivity index (χ3n) is 2.19. The Morgan fingerprint density at radius 2 is 1.93 bits per heavy atom. The van der Waals surface area contributed by atoms with E-state index in [1.165, 1.54) is 5.56 Å². The molecule has 1 nitrogen and oxygen atoms in total. The predicted octanol–water partition coefficient (Wildman–Crippen LogP) is 4.27. The lowest BCUT2D eigenvalue weighted by Crippen LogP contribution is -1.87. The maximum absolute atomic E-state index is 6.01. The van der Waals surface area contributed by atoms with E-state index in [2.05, 4.69) is 33.9 Å². The first-order valence-electron chi connectivity index (χ1n) is 4.31. The van der Waals surface area contributed by atoms with Gasteiger partial charge in [-0.3, -0.25) is 4.98 Å². The van der Waals surface area contributed by atoms with Crippen molar-refractivity contribution in [2.24, 2.45) is 0 Å². The maximum atomic E-state index is 6.01. The van der Waals surface area contributed by atoms with Crippen LogP contribution in [0, 0.1) is 13.8 Å². The average molecular weight is 271 g/mol. The van der Waals surface area contributed by atoms with E-state index in [1.807, 2.05) is 19.1 Å². The van der Waals surface area contributed by atoms with Gasteiger partial charge in [0.05, 0.1) is 10.5 Å². The number of benzene rings is 1. The molecule has 0 aliphatic carbocycles. The third kappa shape index (κ3) is 1.64. The summed E-state index contributed by atoms with van der Waals surface area (Å²) in [5.74, 6) is 0. The molecule has 1 aromatic carbocycles. The van der Waals surface area contributed by atoms with Gasteiger partial charge in [0.1, 0.15) is 0 Å². The standard InChI is InChI=1S/C11H9BrClN/c1-6-3-7(2)14-11-5-10(13)9(12)4-8(6)11/h3-5H,1-2H3. The number of pyridine rings is 1. The number of aromatic nitrogens is 1. The number of nitrogens with zero attached hydrogens (tertiary/aromatic N) is 1. The molecule has 3 heteroatoms. The molecule has 2 rings (SSSR count). The summed E-state index contributed by atoms with van der Waals surface area (Å²) >= 11 is 9.41. The van der Waals surface area contributed by atoms with Gasteiger partial charge in [0, 0.05) is 15.6 Å². The summed E-state index contributed by atoms with van der Waals surface area (Å²) in [6.45, 7) is 4.07. The first-order valence-corrected chi connectivity index (χ1v) is 5.48. The van der Waals surface area contributed by atoms with E-state index in [1.54, 1.807) is 0 Å². The highest BCUT2D eigenvalue weighted by Gasteiger charge is 2.04. The van der Waals surface area contributed by atoms with Gasteiger partial charge in [-0.25, -0.2) is 0 Å². The molecule has 0 saturated heterocycles. The molecule has 0 bridgehead atoms. The molecule has 0 unspecified atom stereocenters. The molecule has 2 aromatic rings. The zero-order valence-corrected chi connectivity index (χ0v) is 10.3. The molecule has 0 saturated carbocycles. The molecule has 0 aliphatic rings. The van der Waals surface area contributed by atoms with Gasteiger partial charge in [-0.2, -0.15) is 0 Å². The third-order valence-corrected chi connectivity index (χ3v) is 3.38. The Hall–Kier alpha value is -0.600. The van der Waals surface area contributed by atoms with Crippen LogP contribution in [0.1, 0.15) is 11.3 Å². The zero-order valence-electron chi connectivity index (χ0n) is 7.94. The summed E-state index contributed by atoms with van der Waals surface area (Å²) in [5, 5.41) is 1.85. The lowest BCUT2D eigenvalue weighted by molar-refractivity contribution is 1.23. The molecule has 0 spiro atoms. The van der Waals surface area contributed by atoms with Crippen LogP contribution in [0.5, 0.6) is 0 Å². The molecule has 72 valence electrons. The number of hydrogen-bond donors (Lipinski definition) is 0. The lowest BCUT2D eigenvalue weighted by atomic mass is 10.1. The minimum absolute atomic E-state index is 0.704. The largest absolute Gasteiger partial charge is 0.253 e. The highest BCUT2D eigenvalue weighted by Crippen LogP contribution is 2.29. The van der Waals surface area contributed by atoms with Crippen molar-refractivity contribution in [3.05, 3.63) is 39.0 Å². The Labute approximate surface area is 96.2 Å². The molecule has 0 atom stereocenters. The van der Waals surface area contributed by atoms with Crippen molar-refractivity contribution in [1.29, 1.82) is 0 Å². The van der Waals surface area contributed by atoms with E-state index in [0.717, 1.165) is 21.1 Å². The van der Waals surface area contributed by atoms with Crippen molar-refractivity contribution in [3.63, 3.8) is 0 Å². The van der Waals surface area contributed by atoms with Gasteiger partial charge < -0.3 is 0 Å². The van der Waals surface area contributed by atoms with Gasteiger partial charge in [0.2, 0.25) is 0 Å². The summed E-state index contributed by atoms with van der Waals surface area (Å²) < 4.78 is 0.917. The number of hydrogen-bond acceptors (Lipinski definition) is 1. The molecule has 1 heterocycles. The lowest BCUT2D eigenvalue weighted by Gasteiger charge is -2.05. The van der Waals surface area contributed by atoms with Gasteiger partial charge in [0.15, 0.2) is 0 Å². The molecule has 0 N–H and O–H groups in total. The molecule has 0 radical (unpaired) electrons. The molecular weight excluding hydrogens is 261 g/mol. The highest BCUT2D eigenvalue weighted by molar-refractivity contribution is 9.10. The van der Waals surface area contributed by atoms with Crippen molar-refractivity contribution < 1.29 is 0 Å². The number of halogens is 2. The SMILES string of the molecule is Cc1cc(C)c2cc(Br)c(Cl)cc2n1. The van der Waals surface area contributed by atoms with Crippen molar-refractivity contribution >= 4 is 38.4 Å². The molecule has 0 amide bonds. The van der Waals surface area contributed by atoms with Crippen molar-refractivity contribution in [2.75, 3.05) is 0 Å². The molecular formula is C11H9BrClN. The van der Waals surface area contributed by atoms with Crippen LogP contribution in [-0.2, 0) is 0 Å². The smallest absolute Gasteiger partial charge is 0.0723 e. The van der Waals surface area contributed by atoms with Crippen LogP contribution in [0.4, 0.5) is 0 Å². The van der Waals surface area contributed by atoms with E-state index in [4.69, 9.17) is 11.6 Å². The van der Waals surface area contributed by atoms with Gasteiger partial charge in [-0.1, -0.05) is 11.6 Å². The van der Waals surface area contributed by atoms with Gasteiger partial charge in [-0.15, -0.1) is 0 Å². The van der Waals surface area contributed by atoms with Crippen LogP contribution in [0.3, 0.4) is 0 Å². The molecule has 1 aromatic heterocycles. The van der Waals surface area contributed by atoms with Crippen molar-refractivity contribution in [3.8, 4) is 0 Å². The quantitative estimate of drug-likeness (QED) is 0.697. The van der Waals surface area contributed by atoms with Gasteiger partial charge in [0.25, 0.3) is 0 Å². The summed E-state index contributed by atoms with van der Waals surface area (Å²) in [7, 11) is 0. The fourth-order valence-corrected chi connectivity index (χ4v) is 2.06. The second-order valence-electron chi connectivity index (χ2n) is 3.36. The number of fused-ring (bicyclic) bond motifs is 1. The Balaban J connectivity index is 2.89. The maximum Gasteiger partial charge on any atom is 0.0723 e. The van der Waals surface area contributed by atoms with E-state index >= 15 is 0 Å². The van der Waals surface area contributed by atoms with E-state index in [-0.39, 0.29) is 0 Å². The minimum atomic E-state index is 0.704. The van der Waals surface area contributed by atoms with E-state index < -0.39 is 0 Å². The predicted molar refractivity (Wildman–Crippen MR) is 63.9 cm³/mol. The van der Waals surface area contributed by atoms with Crippen LogP contribution in [0.25, 0.3) is 10.9 Å². The Bertz CT molecular complexity index is 508. The van der Waals surface area contributed by atoms with E-state index in [0.29, 0.717) is 5.02 Å². The fraction of sp³-hybridized carbons (Fsp3) is 0.182. The first-order chi connectivity index (χ1) is 6.58. The summed E-state index contributed by atoms with van der Waals surface area (Å²) in [6, 6.07) is 5.98. The number of aryl methyl sites for hydroxylation is 2. The Kier molecular flexibility index (Phi) is 2.50. The average Bonchev–Trinajstić information content (AvgIpc) is 2.08. The Morgan fingerprint density at radius 3 is 2.64 bits per heavy atom. The van der Waals surface area contributed by atoms with Crippen LogP contribution in [0.15, 0.2) is 22.7 Å². The van der Waals surface area contributed by atoms with Crippen LogP contribution >= 0.6 is 27.5 Å². The van der Waals surface area contributed by atoms with Crippen molar-refractivity contribution in [1.82, 2.24) is 4.98 Å². The van der Waals surface area contributed by atoms with Gasteiger partial charge in [-0.05, 0) is 53.5 Å². The summed E-state index contributed by atoms with van der Waals surface area (Å²) in [6.07, 6.45) is 0. The molecule has 0 fully saturated rings. The molecule has 14 heavy (non-hydrogen) atoms.